The van der Waals surface area contributed by atoms with Gasteiger partial charge in [-0.15, -0.1) is 0 Å². The highest BCUT2D eigenvalue weighted by Gasteiger charge is 2.15. The number of rotatable bonds is 7. The maximum absolute atomic E-state index is 12.5. The van der Waals surface area contributed by atoms with E-state index in [1.54, 1.807) is 17.7 Å². The first kappa shape index (κ1) is 16.8. The lowest BCUT2D eigenvalue weighted by Crippen LogP contribution is -2.27. The van der Waals surface area contributed by atoms with Crippen LogP contribution in [0, 0.1) is 0 Å². The van der Waals surface area contributed by atoms with Gasteiger partial charge in [-0.1, -0.05) is 19.8 Å². The number of carboxylic acid groups (broad SMARTS) is 1. The first-order valence-corrected chi connectivity index (χ1v) is 7.70. The first-order chi connectivity index (χ1) is 11.1. The van der Waals surface area contributed by atoms with E-state index in [4.69, 9.17) is 9.84 Å². The topological polar surface area (TPSA) is 68.5 Å². The summed E-state index contributed by atoms with van der Waals surface area (Å²) in [6.45, 7) is 2.59. The maximum Gasteiger partial charge on any atom is 0.341 e. The molecule has 1 N–H and O–H groups in total. The number of hydrogen-bond acceptors (Lipinski definition) is 3. The van der Waals surface area contributed by atoms with Gasteiger partial charge in [-0.2, -0.15) is 0 Å². The molecule has 1 heterocycles. The fraction of sp³-hybridized carbons (Fsp3) is 0.333. The third-order valence-electron chi connectivity index (χ3n) is 3.78. The van der Waals surface area contributed by atoms with Gasteiger partial charge in [0.25, 0.3) is 5.56 Å². The largest absolute Gasteiger partial charge is 0.497 e. The van der Waals surface area contributed by atoms with Crippen LogP contribution in [-0.4, -0.2) is 22.8 Å². The van der Waals surface area contributed by atoms with Gasteiger partial charge in [-0.3, -0.25) is 4.79 Å². The zero-order valence-corrected chi connectivity index (χ0v) is 13.4. The minimum atomic E-state index is -1.19. The second-order valence-electron chi connectivity index (χ2n) is 5.33. The van der Waals surface area contributed by atoms with E-state index in [-0.39, 0.29) is 5.56 Å². The normalized spacial score (nSPS) is 10.5. The van der Waals surface area contributed by atoms with E-state index in [0.29, 0.717) is 6.54 Å². The molecule has 1 aromatic carbocycles. The molecule has 0 radical (unpaired) electrons. The number of aromatic nitrogens is 1. The zero-order chi connectivity index (χ0) is 16.8. The summed E-state index contributed by atoms with van der Waals surface area (Å²) < 4.78 is 6.70. The molecule has 0 saturated heterocycles. The van der Waals surface area contributed by atoms with Crippen molar-refractivity contribution in [2.45, 2.75) is 32.7 Å². The molecular formula is C18H21NO4. The number of unbranched alkanes of at least 4 members (excludes halogenated alkanes) is 2. The molecule has 2 aromatic rings. The number of hydrogen-bond donors (Lipinski definition) is 1. The first-order valence-electron chi connectivity index (χ1n) is 7.70. The number of benzene rings is 1. The van der Waals surface area contributed by atoms with Crippen LogP contribution in [0.15, 0.2) is 41.2 Å². The number of methoxy groups -OCH3 is 1. The summed E-state index contributed by atoms with van der Waals surface area (Å²) in [7, 11) is 1.59. The molecule has 5 nitrogen and oxygen atoms in total. The Morgan fingerprint density at radius 1 is 1.13 bits per heavy atom. The Morgan fingerprint density at radius 2 is 1.83 bits per heavy atom. The van der Waals surface area contributed by atoms with Crippen molar-refractivity contribution in [1.82, 2.24) is 4.57 Å². The molecule has 5 heteroatoms. The second-order valence-corrected chi connectivity index (χ2v) is 5.33. The number of pyridine rings is 1. The summed E-state index contributed by atoms with van der Waals surface area (Å²) in [6, 6.07) is 10.4. The summed E-state index contributed by atoms with van der Waals surface area (Å²) in [5.41, 5.74) is 0.927. The molecule has 0 bridgehead atoms. The van der Waals surface area contributed by atoms with Crippen LogP contribution in [0.1, 0.15) is 36.5 Å². The van der Waals surface area contributed by atoms with Crippen molar-refractivity contribution in [3.63, 3.8) is 0 Å². The summed E-state index contributed by atoms with van der Waals surface area (Å²) in [4.78, 5) is 23.7. The van der Waals surface area contributed by atoms with Gasteiger partial charge in [-0.25, -0.2) is 4.79 Å². The number of carboxylic acids is 1. The SMILES string of the molecule is CCCCCn1c(-c2ccc(OC)cc2)ccc(C(=O)O)c1=O. The van der Waals surface area contributed by atoms with Crippen LogP contribution in [0.3, 0.4) is 0 Å². The van der Waals surface area contributed by atoms with Gasteiger partial charge in [0.2, 0.25) is 0 Å². The van der Waals surface area contributed by atoms with Gasteiger partial charge < -0.3 is 14.4 Å². The monoisotopic (exact) mass is 315 g/mol. The summed E-state index contributed by atoms with van der Waals surface area (Å²) in [6.07, 6.45) is 2.86. The van der Waals surface area contributed by atoms with E-state index in [2.05, 4.69) is 6.92 Å². The molecule has 0 saturated carbocycles. The number of ether oxygens (including phenoxy) is 1. The smallest absolute Gasteiger partial charge is 0.341 e. The van der Waals surface area contributed by atoms with Crippen LogP contribution in [0.2, 0.25) is 0 Å². The van der Waals surface area contributed by atoms with Crippen LogP contribution in [0.4, 0.5) is 0 Å². The van der Waals surface area contributed by atoms with E-state index in [1.807, 2.05) is 24.3 Å². The van der Waals surface area contributed by atoms with E-state index in [0.717, 1.165) is 36.3 Å². The predicted molar refractivity (Wildman–Crippen MR) is 89.2 cm³/mol. The minimum absolute atomic E-state index is 0.196. The third kappa shape index (κ3) is 3.80. The van der Waals surface area contributed by atoms with E-state index < -0.39 is 11.5 Å². The van der Waals surface area contributed by atoms with Crippen molar-refractivity contribution >= 4 is 5.97 Å². The average Bonchev–Trinajstić information content (AvgIpc) is 2.56. The molecule has 0 aliphatic rings. The molecule has 23 heavy (non-hydrogen) atoms. The van der Waals surface area contributed by atoms with Crippen molar-refractivity contribution in [2.75, 3.05) is 7.11 Å². The van der Waals surface area contributed by atoms with Crippen LogP contribution in [0.5, 0.6) is 5.75 Å². The Bertz CT molecular complexity index is 732. The Kier molecular flexibility index (Phi) is 5.57. The summed E-state index contributed by atoms with van der Waals surface area (Å²) in [5, 5.41) is 9.16. The molecule has 0 aliphatic carbocycles. The van der Waals surface area contributed by atoms with Crippen molar-refractivity contribution in [3.8, 4) is 17.0 Å². The molecule has 0 aliphatic heterocycles. The number of carbonyl (C=O) groups is 1. The van der Waals surface area contributed by atoms with Gasteiger partial charge in [-0.05, 0) is 48.4 Å². The van der Waals surface area contributed by atoms with Crippen molar-refractivity contribution in [2.24, 2.45) is 0 Å². The summed E-state index contributed by atoms with van der Waals surface area (Å²) >= 11 is 0. The average molecular weight is 315 g/mol. The number of nitrogens with zero attached hydrogens (tertiary/aromatic N) is 1. The van der Waals surface area contributed by atoms with Crippen LogP contribution in [0.25, 0.3) is 11.3 Å². The molecule has 0 amide bonds. The lowest BCUT2D eigenvalue weighted by molar-refractivity contribution is 0.0694. The van der Waals surface area contributed by atoms with E-state index in [9.17, 15) is 9.59 Å². The Labute approximate surface area is 135 Å². The summed E-state index contributed by atoms with van der Waals surface area (Å²) in [5.74, 6) is -0.462. The fourth-order valence-electron chi connectivity index (χ4n) is 2.50. The lowest BCUT2D eigenvalue weighted by Gasteiger charge is -2.14. The molecule has 0 fully saturated rings. The fourth-order valence-corrected chi connectivity index (χ4v) is 2.50. The Hall–Kier alpha value is -2.56. The lowest BCUT2D eigenvalue weighted by atomic mass is 10.1. The highest BCUT2D eigenvalue weighted by molar-refractivity contribution is 5.87. The van der Waals surface area contributed by atoms with Gasteiger partial charge in [0.15, 0.2) is 0 Å². The van der Waals surface area contributed by atoms with E-state index >= 15 is 0 Å². The molecule has 0 spiro atoms. The molecule has 1 aromatic heterocycles. The van der Waals surface area contributed by atoms with Crippen molar-refractivity contribution < 1.29 is 14.6 Å². The second kappa shape index (κ2) is 7.63. The molecule has 122 valence electrons. The molecular weight excluding hydrogens is 294 g/mol. The quantitative estimate of drug-likeness (QED) is 0.795. The van der Waals surface area contributed by atoms with Crippen LogP contribution < -0.4 is 10.3 Å². The Morgan fingerprint density at radius 3 is 2.39 bits per heavy atom. The standard InChI is InChI=1S/C18H21NO4/c1-3-4-5-12-19-16(11-10-15(17(19)20)18(21)22)13-6-8-14(23-2)9-7-13/h6-11H,3-5,12H2,1-2H3,(H,21,22). The predicted octanol–water partition coefficient (Wildman–Crippen LogP) is 3.41. The van der Waals surface area contributed by atoms with Gasteiger partial charge in [0, 0.05) is 6.54 Å². The molecule has 0 atom stereocenters. The van der Waals surface area contributed by atoms with E-state index in [1.165, 1.54) is 6.07 Å². The van der Waals surface area contributed by atoms with Crippen LogP contribution in [-0.2, 0) is 6.54 Å². The maximum atomic E-state index is 12.5. The highest BCUT2D eigenvalue weighted by Crippen LogP contribution is 2.22. The zero-order valence-electron chi connectivity index (χ0n) is 13.4. The molecule has 2 rings (SSSR count). The molecule has 0 unspecified atom stereocenters. The highest BCUT2D eigenvalue weighted by atomic mass is 16.5. The number of aromatic carboxylic acids is 1. The van der Waals surface area contributed by atoms with Crippen molar-refractivity contribution in [1.29, 1.82) is 0 Å². The minimum Gasteiger partial charge on any atom is -0.497 e. The van der Waals surface area contributed by atoms with Gasteiger partial charge in [0.05, 0.1) is 12.8 Å². The van der Waals surface area contributed by atoms with Crippen molar-refractivity contribution in [3.05, 3.63) is 52.3 Å². The Balaban J connectivity index is 2.49. The van der Waals surface area contributed by atoms with Gasteiger partial charge in [0.1, 0.15) is 11.3 Å². The van der Waals surface area contributed by atoms with Gasteiger partial charge >= 0.3 is 5.97 Å². The third-order valence-corrected chi connectivity index (χ3v) is 3.78. The van der Waals surface area contributed by atoms with Crippen LogP contribution >= 0.6 is 0 Å².